The highest BCUT2D eigenvalue weighted by molar-refractivity contribution is 7.99. The standard InChI is InChI=1S/C10H19N3S/c1-4-14-7-9(2)12-6-10-5-11-8-13(10)3/h5,8-9,12H,4,6-7H2,1-3H3. The Bertz CT molecular complexity index is 260. The first-order valence-corrected chi connectivity index (χ1v) is 6.15. The summed E-state index contributed by atoms with van der Waals surface area (Å²) in [7, 11) is 2.02. The number of hydrogen-bond acceptors (Lipinski definition) is 3. The molecule has 0 aliphatic rings. The summed E-state index contributed by atoms with van der Waals surface area (Å²) < 4.78 is 2.05. The smallest absolute Gasteiger partial charge is 0.0945 e. The number of aromatic nitrogens is 2. The monoisotopic (exact) mass is 213 g/mol. The van der Waals surface area contributed by atoms with Crippen molar-refractivity contribution >= 4 is 11.8 Å². The first-order valence-electron chi connectivity index (χ1n) is 5.00. The van der Waals surface area contributed by atoms with Gasteiger partial charge in [-0.1, -0.05) is 6.92 Å². The zero-order chi connectivity index (χ0) is 10.4. The summed E-state index contributed by atoms with van der Waals surface area (Å²) in [4.78, 5) is 4.08. The Morgan fingerprint density at radius 2 is 2.43 bits per heavy atom. The number of imidazole rings is 1. The van der Waals surface area contributed by atoms with Gasteiger partial charge in [0.15, 0.2) is 0 Å². The molecule has 4 heteroatoms. The second kappa shape index (κ2) is 6.09. The third-order valence-electron chi connectivity index (χ3n) is 2.12. The number of hydrogen-bond donors (Lipinski definition) is 1. The van der Waals surface area contributed by atoms with Crippen molar-refractivity contribution in [2.75, 3.05) is 11.5 Å². The fourth-order valence-electron chi connectivity index (χ4n) is 1.19. The van der Waals surface area contributed by atoms with Gasteiger partial charge in [-0.05, 0) is 12.7 Å². The molecule has 0 amide bonds. The van der Waals surface area contributed by atoms with Crippen molar-refractivity contribution in [1.29, 1.82) is 0 Å². The Morgan fingerprint density at radius 1 is 1.64 bits per heavy atom. The predicted molar refractivity (Wildman–Crippen MR) is 62.5 cm³/mol. The van der Waals surface area contributed by atoms with Gasteiger partial charge >= 0.3 is 0 Å². The van der Waals surface area contributed by atoms with Crippen molar-refractivity contribution in [3.8, 4) is 0 Å². The summed E-state index contributed by atoms with van der Waals surface area (Å²) in [5.74, 6) is 2.37. The SMILES string of the molecule is CCSCC(C)NCc1cncn1C. The lowest BCUT2D eigenvalue weighted by Crippen LogP contribution is -2.28. The van der Waals surface area contributed by atoms with Crippen LogP contribution in [-0.4, -0.2) is 27.1 Å². The Morgan fingerprint density at radius 3 is 3.00 bits per heavy atom. The average Bonchev–Trinajstić information content (AvgIpc) is 2.58. The van der Waals surface area contributed by atoms with Gasteiger partial charge in [-0.15, -0.1) is 0 Å². The van der Waals surface area contributed by atoms with Crippen LogP contribution in [0.3, 0.4) is 0 Å². The van der Waals surface area contributed by atoms with E-state index in [1.54, 1.807) is 0 Å². The third kappa shape index (κ3) is 3.72. The highest BCUT2D eigenvalue weighted by atomic mass is 32.2. The molecule has 1 unspecified atom stereocenters. The summed E-state index contributed by atoms with van der Waals surface area (Å²) in [6.07, 6.45) is 3.75. The minimum Gasteiger partial charge on any atom is -0.337 e. The van der Waals surface area contributed by atoms with Gasteiger partial charge in [0, 0.05) is 31.6 Å². The van der Waals surface area contributed by atoms with Crippen molar-refractivity contribution in [3.05, 3.63) is 18.2 Å². The van der Waals surface area contributed by atoms with Gasteiger partial charge in [-0.2, -0.15) is 11.8 Å². The van der Waals surface area contributed by atoms with E-state index in [1.165, 1.54) is 17.2 Å². The van der Waals surface area contributed by atoms with Crippen LogP contribution in [0.5, 0.6) is 0 Å². The van der Waals surface area contributed by atoms with Gasteiger partial charge in [0.25, 0.3) is 0 Å². The number of nitrogens with one attached hydrogen (secondary N) is 1. The van der Waals surface area contributed by atoms with E-state index in [4.69, 9.17) is 0 Å². The molecule has 0 spiro atoms. The van der Waals surface area contributed by atoms with Crippen LogP contribution in [0.1, 0.15) is 19.5 Å². The minimum absolute atomic E-state index is 0.565. The molecule has 0 radical (unpaired) electrons. The number of thioether (sulfide) groups is 1. The number of rotatable bonds is 6. The summed E-state index contributed by atoms with van der Waals surface area (Å²) in [6, 6.07) is 0.565. The van der Waals surface area contributed by atoms with Gasteiger partial charge in [0.05, 0.1) is 12.0 Å². The van der Waals surface area contributed by atoms with E-state index in [1.807, 2.05) is 35.9 Å². The van der Waals surface area contributed by atoms with Gasteiger partial charge in [-0.25, -0.2) is 4.98 Å². The molecule has 1 aromatic heterocycles. The van der Waals surface area contributed by atoms with Crippen LogP contribution in [0.4, 0.5) is 0 Å². The van der Waals surface area contributed by atoms with Crippen molar-refractivity contribution in [3.63, 3.8) is 0 Å². The van der Waals surface area contributed by atoms with Crippen LogP contribution in [0, 0.1) is 0 Å². The summed E-state index contributed by atoms with van der Waals surface area (Å²) in [5, 5.41) is 3.48. The van der Waals surface area contributed by atoms with Gasteiger partial charge < -0.3 is 9.88 Å². The van der Waals surface area contributed by atoms with Crippen LogP contribution < -0.4 is 5.32 Å². The lowest BCUT2D eigenvalue weighted by molar-refractivity contribution is 0.577. The Kier molecular flexibility index (Phi) is 5.04. The van der Waals surface area contributed by atoms with Gasteiger partial charge in [-0.3, -0.25) is 0 Å². The molecule has 80 valence electrons. The van der Waals surface area contributed by atoms with Crippen LogP contribution in [-0.2, 0) is 13.6 Å². The van der Waals surface area contributed by atoms with E-state index in [9.17, 15) is 0 Å². The molecule has 1 aromatic rings. The molecule has 1 atom stereocenters. The maximum atomic E-state index is 4.08. The molecular formula is C10H19N3S. The van der Waals surface area contributed by atoms with E-state index in [0.29, 0.717) is 6.04 Å². The lowest BCUT2D eigenvalue weighted by Gasteiger charge is -2.12. The minimum atomic E-state index is 0.565. The number of aryl methyl sites for hydroxylation is 1. The molecule has 0 fully saturated rings. The van der Waals surface area contributed by atoms with Gasteiger partial charge in [0.2, 0.25) is 0 Å². The fraction of sp³-hybridized carbons (Fsp3) is 0.700. The first-order chi connectivity index (χ1) is 6.74. The third-order valence-corrected chi connectivity index (χ3v) is 3.26. The largest absolute Gasteiger partial charge is 0.337 e. The highest BCUT2D eigenvalue weighted by Gasteiger charge is 2.02. The Hall–Kier alpha value is -0.480. The summed E-state index contributed by atoms with van der Waals surface area (Å²) >= 11 is 1.97. The maximum absolute atomic E-state index is 4.08. The van der Waals surface area contributed by atoms with E-state index in [-0.39, 0.29) is 0 Å². The van der Waals surface area contributed by atoms with Crippen molar-refractivity contribution < 1.29 is 0 Å². The van der Waals surface area contributed by atoms with E-state index >= 15 is 0 Å². The molecule has 0 aromatic carbocycles. The normalized spacial score (nSPS) is 13.1. The zero-order valence-corrected chi connectivity index (χ0v) is 9.97. The second-order valence-electron chi connectivity index (χ2n) is 3.44. The molecule has 0 aliphatic carbocycles. The molecule has 1 rings (SSSR count). The molecule has 0 aliphatic heterocycles. The molecule has 1 heterocycles. The average molecular weight is 213 g/mol. The Labute approximate surface area is 90.3 Å². The van der Waals surface area contributed by atoms with Gasteiger partial charge in [0.1, 0.15) is 0 Å². The van der Waals surface area contributed by atoms with Crippen LogP contribution in [0.25, 0.3) is 0 Å². The predicted octanol–water partition coefficient (Wildman–Crippen LogP) is 1.65. The molecule has 0 saturated heterocycles. The van der Waals surface area contributed by atoms with Crippen LogP contribution >= 0.6 is 11.8 Å². The van der Waals surface area contributed by atoms with E-state index < -0.39 is 0 Å². The molecule has 0 bridgehead atoms. The first kappa shape index (κ1) is 11.6. The molecule has 0 saturated carbocycles. The maximum Gasteiger partial charge on any atom is 0.0945 e. The second-order valence-corrected chi connectivity index (χ2v) is 4.76. The quantitative estimate of drug-likeness (QED) is 0.779. The summed E-state index contributed by atoms with van der Waals surface area (Å²) in [6.45, 7) is 5.32. The lowest BCUT2D eigenvalue weighted by atomic mass is 10.3. The van der Waals surface area contributed by atoms with Crippen LogP contribution in [0.2, 0.25) is 0 Å². The van der Waals surface area contributed by atoms with E-state index in [0.717, 1.165) is 6.54 Å². The fourth-order valence-corrected chi connectivity index (χ4v) is 1.89. The Balaban J connectivity index is 2.23. The molecule has 1 N–H and O–H groups in total. The molecular weight excluding hydrogens is 194 g/mol. The van der Waals surface area contributed by atoms with E-state index in [2.05, 4.69) is 24.1 Å². The molecule has 3 nitrogen and oxygen atoms in total. The van der Waals surface area contributed by atoms with Crippen LogP contribution in [0.15, 0.2) is 12.5 Å². The zero-order valence-electron chi connectivity index (χ0n) is 9.16. The highest BCUT2D eigenvalue weighted by Crippen LogP contribution is 2.02. The van der Waals surface area contributed by atoms with Crippen molar-refractivity contribution in [2.24, 2.45) is 7.05 Å². The topological polar surface area (TPSA) is 29.9 Å². The molecule has 14 heavy (non-hydrogen) atoms. The summed E-state index contributed by atoms with van der Waals surface area (Å²) in [5.41, 5.74) is 1.23. The van der Waals surface area contributed by atoms with Crippen molar-refractivity contribution in [2.45, 2.75) is 26.4 Å². The van der Waals surface area contributed by atoms with Crippen molar-refractivity contribution in [1.82, 2.24) is 14.9 Å². The number of nitrogens with zero attached hydrogens (tertiary/aromatic N) is 2.